The second kappa shape index (κ2) is 3.25. The van der Waals surface area contributed by atoms with Gasteiger partial charge in [-0.15, -0.1) is 0 Å². The molecule has 2 rings (SSSR count). The number of hydrogen-bond acceptors (Lipinski definition) is 3. The molecular weight excluding hydrogens is 192 g/mol. The quantitative estimate of drug-likeness (QED) is 0.741. The van der Waals surface area contributed by atoms with E-state index in [9.17, 15) is 4.79 Å². The highest BCUT2D eigenvalue weighted by Crippen LogP contribution is 2.29. The standard InChI is InChI=1S/C10H16N4O/c1-5-4-7(5)12-10(15)9-8(11)6(2)13-14(9)3/h5,7H,4,11H2,1-3H3,(H,12,15). The van der Waals surface area contributed by atoms with Gasteiger partial charge in [-0.25, -0.2) is 0 Å². The molecule has 82 valence electrons. The van der Waals surface area contributed by atoms with Crippen molar-refractivity contribution in [3.63, 3.8) is 0 Å². The summed E-state index contributed by atoms with van der Waals surface area (Å²) in [4.78, 5) is 11.8. The average molecular weight is 208 g/mol. The third-order valence-corrected chi connectivity index (χ3v) is 2.91. The fraction of sp³-hybridized carbons (Fsp3) is 0.600. The van der Waals surface area contributed by atoms with Crippen LogP contribution in [0.2, 0.25) is 0 Å². The minimum atomic E-state index is -0.120. The van der Waals surface area contributed by atoms with E-state index in [2.05, 4.69) is 17.3 Å². The van der Waals surface area contributed by atoms with Gasteiger partial charge in [-0.1, -0.05) is 6.92 Å². The SMILES string of the molecule is Cc1nn(C)c(C(=O)NC2CC2C)c1N. The highest BCUT2D eigenvalue weighted by molar-refractivity contribution is 5.98. The van der Waals surface area contributed by atoms with Gasteiger partial charge in [0.15, 0.2) is 0 Å². The van der Waals surface area contributed by atoms with Gasteiger partial charge in [0.05, 0.1) is 11.4 Å². The molecule has 0 bridgehead atoms. The van der Waals surface area contributed by atoms with E-state index in [1.807, 2.05) is 0 Å². The maximum Gasteiger partial charge on any atom is 0.271 e. The van der Waals surface area contributed by atoms with E-state index in [0.29, 0.717) is 29.0 Å². The van der Waals surface area contributed by atoms with Crippen LogP contribution in [0.15, 0.2) is 0 Å². The summed E-state index contributed by atoms with van der Waals surface area (Å²) in [5.74, 6) is 0.467. The first-order chi connectivity index (χ1) is 7.00. The number of carbonyl (C=O) groups is 1. The molecule has 1 aliphatic rings. The van der Waals surface area contributed by atoms with Gasteiger partial charge in [-0.2, -0.15) is 5.10 Å². The molecule has 1 saturated carbocycles. The third kappa shape index (κ3) is 1.69. The Bertz CT molecular complexity index is 410. The van der Waals surface area contributed by atoms with Crippen LogP contribution in [-0.2, 0) is 7.05 Å². The Morgan fingerprint density at radius 3 is 2.67 bits per heavy atom. The van der Waals surface area contributed by atoms with Gasteiger partial charge in [0.2, 0.25) is 0 Å². The molecule has 5 heteroatoms. The van der Waals surface area contributed by atoms with Crippen molar-refractivity contribution >= 4 is 11.6 Å². The maximum absolute atomic E-state index is 11.8. The van der Waals surface area contributed by atoms with Crippen LogP contribution < -0.4 is 11.1 Å². The Balaban J connectivity index is 2.17. The lowest BCUT2D eigenvalue weighted by molar-refractivity contribution is 0.0941. The fourth-order valence-electron chi connectivity index (χ4n) is 1.70. The summed E-state index contributed by atoms with van der Waals surface area (Å²) in [6.07, 6.45) is 1.06. The Labute approximate surface area is 88.6 Å². The summed E-state index contributed by atoms with van der Waals surface area (Å²) in [7, 11) is 1.73. The second-order valence-corrected chi connectivity index (χ2v) is 4.26. The monoisotopic (exact) mass is 208 g/mol. The van der Waals surface area contributed by atoms with Crippen molar-refractivity contribution in [3.8, 4) is 0 Å². The second-order valence-electron chi connectivity index (χ2n) is 4.26. The van der Waals surface area contributed by atoms with Gasteiger partial charge in [0.25, 0.3) is 5.91 Å². The number of anilines is 1. The van der Waals surface area contributed by atoms with E-state index < -0.39 is 0 Å². The Hall–Kier alpha value is -1.52. The van der Waals surface area contributed by atoms with Crippen LogP contribution in [-0.4, -0.2) is 21.7 Å². The molecule has 2 unspecified atom stereocenters. The van der Waals surface area contributed by atoms with Gasteiger partial charge in [-0.3, -0.25) is 9.48 Å². The maximum atomic E-state index is 11.8. The number of aromatic nitrogens is 2. The molecule has 1 amide bonds. The zero-order valence-electron chi connectivity index (χ0n) is 9.24. The van der Waals surface area contributed by atoms with E-state index in [1.165, 1.54) is 4.68 Å². The van der Waals surface area contributed by atoms with Crippen LogP contribution >= 0.6 is 0 Å². The molecule has 3 N–H and O–H groups in total. The van der Waals surface area contributed by atoms with Crippen LogP contribution in [0.1, 0.15) is 29.5 Å². The first kappa shape index (κ1) is 10.0. The van der Waals surface area contributed by atoms with Crippen LogP contribution in [0, 0.1) is 12.8 Å². The summed E-state index contributed by atoms with van der Waals surface area (Å²) in [6.45, 7) is 3.91. The van der Waals surface area contributed by atoms with Gasteiger partial charge >= 0.3 is 0 Å². The molecular formula is C10H16N4O. The third-order valence-electron chi connectivity index (χ3n) is 2.91. The summed E-state index contributed by atoms with van der Waals surface area (Å²) in [5, 5.41) is 7.04. The largest absolute Gasteiger partial charge is 0.395 e. The Kier molecular flexibility index (Phi) is 2.17. The predicted molar refractivity (Wildman–Crippen MR) is 57.4 cm³/mol. The Morgan fingerprint density at radius 1 is 1.67 bits per heavy atom. The van der Waals surface area contributed by atoms with Crippen molar-refractivity contribution in [1.29, 1.82) is 0 Å². The van der Waals surface area contributed by atoms with Crippen molar-refractivity contribution in [1.82, 2.24) is 15.1 Å². The van der Waals surface area contributed by atoms with Crippen molar-refractivity contribution in [3.05, 3.63) is 11.4 Å². The summed E-state index contributed by atoms with van der Waals surface area (Å²) < 4.78 is 1.53. The van der Waals surface area contributed by atoms with Crippen LogP contribution in [0.3, 0.4) is 0 Å². The lowest BCUT2D eigenvalue weighted by atomic mass is 10.3. The number of nitrogens with two attached hydrogens (primary N) is 1. The number of nitrogens with one attached hydrogen (secondary N) is 1. The van der Waals surface area contributed by atoms with Gasteiger partial charge in [0.1, 0.15) is 5.69 Å². The van der Waals surface area contributed by atoms with E-state index in [-0.39, 0.29) is 5.91 Å². The Morgan fingerprint density at radius 2 is 2.27 bits per heavy atom. The summed E-state index contributed by atoms with van der Waals surface area (Å²) >= 11 is 0. The lowest BCUT2D eigenvalue weighted by Crippen LogP contribution is -2.29. The molecule has 15 heavy (non-hydrogen) atoms. The van der Waals surface area contributed by atoms with E-state index in [1.54, 1.807) is 14.0 Å². The van der Waals surface area contributed by atoms with Crippen LogP contribution in [0.5, 0.6) is 0 Å². The first-order valence-electron chi connectivity index (χ1n) is 5.10. The predicted octanol–water partition coefficient (Wildman–Crippen LogP) is 0.449. The van der Waals surface area contributed by atoms with Crippen LogP contribution in [0.25, 0.3) is 0 Å². The average Bonchev–Trinajstić information content (AvgIpc) is 2.73. The summed E-state index contributed by atoms with van der Waals surface area (Å²) in [5.41, 5.74) is 7.43. The zero-order valence-corrected chi connectivity index (χ0v) is 9.24. The number of aryl methyl sites for hydroxylation is 2. The lowest BCUT2D eigenvalue weighted by Gasteiger charge is -2.04. The molecule has 1 heterocycles. The number of nitrogens with zero attached hydrogens (tertiary/aromatic N) is 2. The van der Waals surface area contributed by atoms with Crippen molar-refractivity contribution in [2.24, 2.45) is 13.0 Å². The molecule has 1 aromatic rings. The number of rotatable bonds is 2. The normalized spacial score (nSPS) is 23.9. The van der Waals surface area contributed by atoms with E-state index >= 15 is 0 Å². The van der Waals surface area contributed by atoms with Gasteiger partial charge in [0, 0.05) is 13.1 Å². The molecule has 1 aromatic heterocycles. The van der Waals surface area contributed by atoms with Crippen molar-refractivity contribution < 1.29 is 4.79 Å². The van der Waals surface area contributed by atoms with Crippen molar-refractivity contribution in [2.45, 2.75) is 26.3 Å². The van der Waals surface area contributed by atoms with E-state index in [4.69, 9.17) is 5.73 Å². The molecule has 0 radical (unpaired) electrons. The number of hydrogen-bond donors (Lipinski definition) is 2. The molecule has 0 spiro atoms. The fourth-order valence-corrected chi connectivity index (χ4v) is 1.70. The number of carbonyl (C=O) groups excluding carboxylic acids is 1. The molecule has 5 nitrogen and oxygen atoms in total. The summed E-state index contributed by atoms with van der Waals surface area (Å²) in [6, 6.07) is 0.312. The van der Waals surface area contributed by atoms with Crippen LogP contribution in [0.4, 0.5) is 5.69 Å². The molecule has 0 saturated heterocycles. The molecule has 0 aromatic carbocycles. The molecule has 1 aliphatic carbocycles. The highest BCUT2D eigenvalue weighted by atomic mass is 16.2. The smallest absolute Gasteiger partial charge is 0.271 e. The first-order valence-corrected chi connectivity index (χ1v) is 5.10. The minimum Gasteiger partial charge on any atom is -0.395 e. The number of nitrogen functional groups attached to an aromatic ring is 1. The highest BCUT2D eigenvalue weighted by Gasteiger charge is 2.35. The minimum absolute atomic E-state index is 0.120. The van der Waals surface area contributed by atoms with E-state index in [0.717, 1.165) is 6.42 Å². The number of amides is 1. The zero-order chi connectivity index (χ0) is 11.2. The van der Waals surface area contributed by atoms with Gasteiger partial charge < -0.3 is 11.1 Å². The molecule has 0 aliphatic heterocycles. The van der Waals surface area contributed by atoms with Crippen molar-refractivity contribution in [2.75, 3.05) is 5.73 Å². The molecule has 1 fully saturated rings. The molecule has 2 atom stereocenters. The topological polar surface area (TPSA) is 72.9 Å². The van der Waals surface area contributed by atoms with Gasteiger partial charge in [-0.05, 0) is 19.3 Å².